The van der Waals surface area contributed by atoms with Crippen molar-refractivity contribution in [1.82, 2.24) is 15.3 Å². The number of hydrogen-bond donors (Lipinski definition) is 1. The third kappa shape index (κ3) is 4.73. The number of rotatable bonds is 7. The van der Waals surface area contributed by atoms with E-state index in [1.54, 1.807) is 7.11 Å². The second-order valence-corrected chi connectivity index (χ2v) is 7.20. The predicted molar refractivity (Wildman–Crippen MR) is 106 cm³/mol. The topological polar surface area (TPSA) is 50.3 Å². The number of piperidine rings is 1. The van der Waals surface area contributed by atoms with Gasteiger partial charge in [0.1, 0.15) is 5.75 Å². The van der Waals surface area contributed by atoms with Gasteiger partial charge in [-0.1, -0.05) is 26.0 Å². The van der Waals surface area contributed by atoms with Gasteiger partial charge in [0.25, 0.3) is 0 Å². The van der Waals surface area contributed by atoms with E-state index in [0.29, 0.717) is 6.04 Å². The van der Waals surface area contributed by atoms with Gasteiger partial charge in [-0.05, 0) is 42.9 Å². The largest absolute Gasteiger partial charge is 0.497 e. The zero-order chi connectivity index (χ0) is 18.4. The van der Waals surface area contributed by atoms with Gasteiger partial charge in [-0.3, -0.25) is 0 Å². The average molecular weight is 354 g/mol. The highest BCUT2D eigenvalue weighted by molar-refractivity contribution is 5.31. The molecule has 1 fully saturated rings. The molecule has 0 saturated carbocycles. The van der Waals surface area contributed by atoms with E-state index >= 15 is 0 Å². The molecule has 1 aromatic carbocycles. The molecule has 5 heteroatoms. The second-order valence-electron chi connectivity index (χ2n) is 7.20. The molecule has 1 aliphatic heterocycles. The van der Waals surface area contributed by atoms with Crippen LogP contribution in [0.1, 0.15) is 50.3 Å². The van der Waals surface area contributed by atoms with E-state index in [-0.39, 0.29) is 0 Å². The zero-order valence-corrected chi connectivity index (χ0v) is 16.1. The van der Waals surface area contributed by atoms with E-state index in [4.69, 9.17) is 4.74 Å². The van der Waals surface area contributed by atoms with Crippen LogP contribution in [0, 0.1) is 5.92 Å². The molecule has 2 unspecified atom stereocenters. The molecule has 1 aromatic heterocycles. The molecule has 0 spiro atoms. The number of nitrogens with one attached hydrogen (secondary N) is 1. The summed E-state index contributed by atoms with van der Waals surface area (Å²) in [5.74, 6) is 2.48. The first-order valence-corrected chi connectivity index (χ1v) is 9.62. The molecule has 5 nitrogen and oxygen atoms in total. The van der Waals surface area contributed by atoms with Crippen molar-refractivity contribution < 1.29 is 4.74 Å². The molecule has 26 heavy (non-hydrogen) atoms. The van der Waals surface area contributed by atoms with E-state index in [0.717, 1.165) is 49.2 Å². The summed E-state index contributed by atoms with van der Waals surface area (Å²) in [6, 6.07) is 8.58. The third-order valence-electron chi connectivity index (χ3n) is 5.11. The van der Waals surface area contributed by atoms with E-state index in [9.17, 15) is 0 Å². The Morgan fingerprint density at radius 2 is 1.96 bits per heavy atom. The maximum absolute atomic E-state index is 5.24. The molecule has 0 radical (unpaired) electrons. The second kappa shape index (κ2) is 8.99. The Balaban J connectivity index is 1.57. The van der Waals surface area contributed by atoms with Gasteiger partial charge in [0.2, 0.25) is 5.95 Å². The molecule has 2 aromatic rings. The summed E-state index contributed by atoms with van der Waals surface area (Å²) in [5, 5.41) is 3.61. The van der Waals surface area contributed by atoms with Crippen LogP contribution < -0.4 is 15.0 Å². The summed E-state index contributed by atoms with van der Waals surface area (Å²) in [4.78, 5) is 11.5. The van der Waals surface area contributed by atoms with Crippen molar-refractivity contribution in [2.24, 2.45) is 5.92 Å². The average Bonchev–Trinajstić information content (AvgIpc) is 2.69. The van der Waals surface area contributed by atoms with E-state index in [1.165, 1.54) is 18.4 Å². The molecular formula is C21H30N4O. The highest BCUT2D eigenvalue weighted by Crippen LogP contribution is 2.21. The quantitative estimate of drug-likeness (QED) is 0.815. The number of aromatic nitrogens is 2. The number of hydrogen-bond acceptors (Lipinski definition) is 5. The summed E-state index contributed by atoms with van der Waals surface area (Å²) < 4.78 is 5.24. The molecule has 1 aliphatic rings. The lowest BCUT2D eigenvalue weighted by atomic mass is 10.0. The molecular weight excluding hydrogens is 324 g/mol. The van der Waals surface area contributed by atoms with Crippen molar-refractivity contribution in [3.8, 4) is 5.75 Å². The summed E-state index contributed by atoms with van der Waals surface area (Å²) >= 11 is 0. The first kappa shape index (κ1) is 18.6. The van der Waals surface area contributed by atoms with Gasteiger partial charge in [-0.2, -0.15) is 0 Å². The van der Waals surface area contributed by atoms with Gasteiger partial charge in [-0.15, -0.1) is 0 Å². The minimum Gasteiger partial charge on any atom is -0.497 e. The minimum absolute atomic E-state index is 0.309. The Morgan fingerprint density at radius 3 is 2.58 bits per heavy atom. The van der Waals surface area contributed by atoms with Gasteiger partial charge in [0.15, 0.2) is 0 Å². The van der Waals surface area contributed by atoms with Crippen LogP contribution in [-0.4, -0.2) is 30.2 Å². The molecule has 2 atom stereocenters. The summed E-state index contributed by atoms with van der Waals surface area (Å²) in [6.45, 7) is 7.39. The SMILES string of the molecule is CCC(NCc1cnc(N2CCCC(C)C2)nc1)c1ccc(OC)cc1. The number of benzene rings is 1. The Morgan fingerprint density at radius 1 is 1.23 bits per heavy atom. The van der Waals surface area contributed by atoms with Crippen LogP contribution in [0.15, 0.2) is 36.7 Å². The maximum Gasteiger partial charge on any atom is 0.225 e. The smallest absolute Gasteiger partial charge is 0.225 e. The van der Waals surface area contributed by atoms with Crippen molar-refractivity contribution in [3.63, 3.8) is 0 Å². The highest BCUT2D eigenvalue weighted by atomic mass is 16.5. The highest BCUT2D eigenvalue weighted by Gasteiger charge is 2.18. The number of nitrogens with zero attached hydrogens (tertiary/aromatic N) is 3. The fourth-order valence-corrected chi connectivity index (χ4v) is 3.55. The Bertz CT molecular complexity index is 671. The maximum atomic E-state index is 5.24. The summed E-state index contributed by atoms with van der Waals surface area (Å²) in [6.07, 6.45) is 7.47. The lowest BCUT2D eigenvalue weighted by Crippen LogP contribution is -2.35. The molecule has 140 valence electrons. The van der Waals surface area contributed by atoms with E-state index < -0.39 is 0 Å². The first-order valence-electron chi connectivity index (χ1n) is 9.62. The lowest BCUT2D eigenvalue weighted by molar-refractivity contribution is 0.414. The van der Waals surface area contributed by atoms with Gasteiger partial charge in [0, 0.05) is 43.6 Å². The van der Waals surface area contributed by atoms with Crippen molar-refractivity contribution in [3.05, 3.63) is 47.8 Å². The molecule has 0 bridgehead atoms. The molecule has 1 saturated heterocycles. The van der Waals surface area contributed by atoms with Crippen molar-refractivity contribution in [2.45, 2.75) is 45.7 Å². The van der Waals surface area contributed by atoms with Gasteiger partial charge < -0.3 is 15.0 Å². The van der Waals surface area contributed by atoms with Crippen LogP contribution >= 0.6 is 0 Å². The number of ether oxygens (including phenoxy) is 1. The van der Waals surface area contributed by atoms with E-state index in [2.05, 4.69) is 46.2 Å². The van der Waals surface area contributed by atoms with Crippen molar-refractivity contribution in [2.75, 3.05) is 25.1 Å². The lowest BCUT2D eigenvalue weighted by Gasteiger charge is -2.30. The number of methoxy groups -OCH3 is 1. The van der Waals surface area contributed by atoms with Crippen molar-refractivity contribution in [1.29, 1.82) is 0 Å². The van der Waals surface area contributed by atoms with Crippen LogP contribution in [0.5, 0.6) is 5.75 Å². The molecule has 3 rings (SSSR count). The third-order valence-corrected chi connectivity index (χ3v) is 5.11. The summed E-state index contributed by atoms with van der Waals surface area (Å²) in [7, 11) is 1.69. The van der Waals surface area contributed by atoms with Gasteiger partial charge in [0.05, 0.1) is 7.11 Å². The Labute approximate surface area is 156 Å². The fraction of sp³-hybridized carbons (Fsp3) is 0.524. The number of anilines is 1. The normalized spacial score (nSPS) is 18.6. The van der Waals surface area contributed by atoms with Crippen molar-refractivity contribution >= 4 is 5.95 Å². The van der Waals surface area contributed by atoms with Gasteiger partial charge >= 0.3 is 0 Å². The van der Waals surface area contributed by atoms with E-state index in [1.807, 2.05) is 24.5 Å². The predicted octanol–water partition coefficient (Wildman–Crippen LogP) is 3.96. The van der Waals surface area contributed by atoms with Crippen LogP contribution in [0.3, 0.4) is 0 Å². The molecule has 2 heterocycles. The molecule has 0 amide bonds. The first-order chi connectivity index (χ1) is 12.7. The molecule has 1 N–H and O–H groups in total. The zero-order valence-electron chi connectivity index (χ0n) is 16.1. The minimum atomic E-state index is 0.309. The van der Waals surface area contributed by atoms with Crippen LogP contribution in [0.25, 0.3) is 0 Å². The molecule has 0 aliphatic carbocycles. The van der Waals surface area contributed by atoms with Gasteiger partial charge in [-0.25, -0.2) is 9.97 Å². The van der Waals surface area contributed by atoms with Crippen LogP contribution in [-0.2, 0) is 6.54 Å². The summed E-state index contributed by atoms with van der Waals surface area (Å²) in [5.41, 5.74) is 2.39. The Hall–Kier alpha value is -2.14. The standard InChI is InChI=1S/C21H30N4O/c1-4-20(18-7-9-19(26-3)10-8-18)22-12-17-13-23-21(24-14-17)25-11-5-6-16(2)15-25/h7-10,13-14,16,20,22H,4-6,11-12,15H2,1-3H3. The van der Waals surface area contributed by atoms with Crippen LogP contribution in [0.4, 0.5) is 5.95 Å². The monoisotopic (exact) mass is 354 g/mol. The van der Waals surface area contributed by atoms with Crippen LogP contribution in [0.2, 0.25) is 0 Å². The Kier molecular flexibility index (Phi) is 6.45. The fourth-order valence-electron chi connectivity index (χ4n) is 3.55.